The number of hydroxylamine groups is 1. The molecule has 0 heterocycles. The standard InChI is InChI=1S/C9H13NO2.C8H9F.C6H10/c1-3-7-6(2)4-5-8(7)9(11)10-12;1-6-4-3-5-8(9)7(6)2;1-5(2)6-3-4-6/h3,8,12H,1,4-5H2,2H3,(H,10,11);3-5H,1-2H3;6H,1,3-4H2,2H3. The van der Waals surface area contributed by atoms with Crippen LogP contribution in [0.4, 0.5) is 4.39 Å². The molecule has 1 unspecified atom stereocenters. The number of hydrogen-bond acceptors (Lipinski definition) is 2. The van der Waals surface area contributed by atoms with Crippen molar-refractivity contribution in [2.75, 3.05) is 0 Å². The first-order valence-electron chi connectivity index (χ1n) is 9.36. The number of amides is 1. The molecule has 27 heavy (non-hydrogen) atoms. The molecule has 1 fully saturated rings. The second-order valence-corrected chi connectivity index (χ2v) is 7.31. The van der Waals surface area contributed by atoms with Gasteiger partial charge in [0.15, 0.2) is 0 Å². The minimum Gasteiger partial charge on any atom is -0.289 e. The Kier molecular flexibility index (Phi) is 9.16. The quantitative estimate of drug-likeness (QED) is 0.398. The minimum absolute atomic E-state index is 0.116. The zero-order valence-corrected chi connectivity index (χ0v) is 16.9. The lowest BCUT2D eigenvalue weighted by Gasteiger charge is -2.08. The maximum atomic E-state index is 12.6. The molecule has 0 spiro atoms. The first-order chi connectivity index (χ1) is 12.7. The summed E-state index contributed by atoms with van der Waals surface area (Å²) in [5.74, 6) is 0.259. The van der Waals surface area contributed by atoms with Crippen LogP contribution in [0.3, 0.4) is 0 Å². The summed E-state index contributed by atoms with van der Waals surface area (Å²) in [7, 11) is 0. The molecule has 148 valence electrons. The third-order valence-electron chi connectivity index (χ3n) is 5.14. The van der Waals surface area contributed by atoms with Gasteiger partial charge < -0.3 is 0 Å². The van der Waals surface area contributed by atoms with Gasteiger partial charge in [0.2, 0.25) is 0 Å². The number of aryl methyl sites for hydroxylation is 1. The molecule has 0 saturated heterocycles. The number of allylic oxidation sites excluding steroid dienone is 3. The van der Waals surface area contributed by atoms with Gasteiger partial charge in [0.25, 0.3) is 5.91 Å². The van der Waals surface area contributed by atoms with Crippen LogP contribution >= 0.6 is 0 Å². The number of nitrogens with one attached hydrogen (secondary N) is 1. The second-order valence-electron chi connectivity index (χ2n) is 7.31. The molecule has 2 aliphatic carbocycles. The van der Waals surface area contributed by atoms with E-state index in [0.29, 0.717) is 0 Å². The fourth-order valence-corrected chi connectivity index (χ4v) is 2.92. The molecule has 1 aromatic rings. The molecular weight excluding hydrogens is 341 g/mol. The molecule has 0 aromatic heterocycles. The molecule has 1 aromatic carbocycles. The van der Waals surface area contributed by atoms with E-state index in [-0.39, 0.29) is 17.6 Å². The van der Waals surface area contributed by atoms with Gasteiger partial charge in [-0.3, -0.25) is 10.0 Å². The van der Waals surface area contributed by atoms with Crippen LogP contribution in [-0.2, 0) is 4.79 Å². The zero-order chi connectivity index (χ0) is 20.6. The molecule has 3 rings (SSSR count). The van der Waals surface area contributed by atoms with Gasteiger partial charge >= 0.3 is 0 Å². The van der Waals surface area contributed by atoms with E-state index in [1.807, 2.05) is 19.9 Å². The highest BCUT2D eigenvalue weighted by Gasteiger charge is 2.27. The summed E-state index contributed by atoms with van der Waals surface area (Å²) >= 11 is 0. The summed E-state index contributed by atoms with van der Waals surface area (Å²) in [5, 5.41) is 8.44. The van der Waals surface area contributed by atoms with E-state index >= 15 is 0 Å². The van der Waals surface area contributed by atoms with Crippen LogP contribution in [0.5, 0.6) is 0 Å². The van der Waals surface area contributed by atoms with Crippen molar-refractivity contribution in [1.82, 2.24) is 5.48 Å². The average Bonchev–Trinajstić information content (AvgIpc) is 3.43. The van der Waals surface area contributed by atoms with Gasteiger partial charge in [-0.15, -0.1) is 0 Å². The SMILES string of the molecule is C=C(C)C1CC1.C=CC1=C(C)CCC1C(=O)NO.Cc1cccc(F)c1C. The Morgan fingerprint density at radius 2 is 1.89 bits per heavy atom. The lowest BCUT2D eigenvalue weighted by atomic mass is 10.0. The molecule has 1 amide bonds. The molecule has 2 aliphatic rings. The predicted molar refractivity (Wildman–Crippen MR) is 109 cm³/mol. The normalized spacial score (nSPS) is 17.9. The van der Waals surface area contributed by atoms with Crippen LogP contribution in [0.1, 0.15) is 50.7 Å². The topological polar surface area (TPSA) is 49.3 Å². The monoisotopic (exact) mass is 373 g/mol. The predicted octanol–water partition coefficient (Wildman–Crippen LogP) is 5.82. The van der Waals surface area contributed by atoms with Crippen molar-refractivity contribution in [2.45, 2.75) is 53.4 Å². The van der Waals surface area contributed by atoms with Crippen molar-refractivity contribution in [2.24, 2.45) is 11.8 Å². The summed E-state index contributed by atoms with van der Waals surface area (Å²) < 4.78 is 12.6. The molecule has 2 N–H and O–H groups in total. The lowest BCUT2D eigenvalue weighted by molar-refractivity contribution is -0.132. The fourth-order valence-electron chi connectivity index (χ4n) is 2.92. The van der Waals surface area contributed by atoms with Crippen LogP contribution in [0.2, 0.25) is 0 Å². The highest BCUT2D eigenvalue weighted by Crippen LogP contribution is 2.34. The van der Waals surface area contributed by atoms with E-state index in [4.69, 9.17) is 5.21 Å². The van der Waals surface area contributed by atoms with E-state index in [1.54, 1.807) is 24.5 Å². The van der Waals surface area contributed by atoms with Crippen molar-refractivity contribution in [3.8, 4) is 0 Å². The molecular formula is C23H32FNO2. The number of benzene rings is 1. The van der Waals surface area contributed by atoms with E-state index in [0.717, 1.165) is 35.5 Å². The van der Waals surface area contributed by atoms with Crippen molar-refractivity contribution in [1.29, 1.82) is 0 Å². The summed E-state index contributed by atoms with van der Waals surface area (Å²) in [5.41, 5.74) is 6.95. The first kappa shape index (κ1) is 22.8. The van der Waals surface area contributed by atoms with Crippen molar-refractivity contribution in [3.63, 3.8) is 0 Å². The smallest absolute Gasteiger partial charge is 0.250 e. The second kappa shape index (κ2) is 10.8. The Hall–Kier alpha value is -2.20. The molecule has 0 radical (unpaired) electrons. The van der Waals surface area contributed by atoms with Gasteiger partial charge in [0, 0.05) is 0 Å². The Balaban J connectivity index is 0.000000214. The number of carbonyl (C=O) groups excluding carboxylic acids is 1. The third kappa shape index (κ3) is 7.14. The number of carbonyl (C=O) groups is 1. The van der Waals surface area contributed by atoms with E-state index in [2.05, 4.69) is 20.1 Å². The highest BCUT2D eigenvalue weighted by atomic mass is 19.1. The summed E-state index contributed by atoms with van der Waals surface area (Å²) in [4.78, 5) is 11.1. The molecule has 0 aliphatic heterocycles. The molecule has 4 heteroatoms. The van der Waals surface area contributed by atoms with Crippen molar-refractivity contribution in [3.05, 3.63) is 71.1 Å². The van der Waals surface area contributed by atoms with Crippen LogP contribution in [0, 0.1) is 31.5 Å². The Labute approximate surface area is 162 Å². The largest absolute Gasteiger partial charge is 0.289 e. The van der Waals surface area contributed by atoms with Gasteiger partial charge in [-0.1, -0.05) is 42.5 Å². The fraction of sp³-hybridized carbons (Fsp3) is 0.435. The summed E-state index contributed by atoms with van der Waals surface area (Å²) in [6.45, 7) is 15.2. The van der Waals surface area contributed by atoms with Crippen molar-refractivity contribution >= 4 is 5.91 Å². The lowest BCUT2D eigenvalue weighted by Crippen LogP contribution is -2.27. The van der Waals surface area contributed by atoms with Crippen LogP contribution in [0.25, 0.3) is 0 Å². The van der Waals surface area contributed by atoms with Crippen LogP contribution in [0.15, 0.2) is 54.2 Å². The number of rotatable bonds is 3. The average molecular weight is 374 g/mol. The first-order valence-corrected chi connectivity index (χ1v) is 9.36. The van der Waals surface area contributed by atoms with Crippen LogP contribution in [-0.4, -0.2) is 11.1 Å². The van der Waals surface area contributed by atoms with Gasteiger partial charge in [-0.2, -0.15) is 0 Å². The Morgan fingerprint density at radius 1 is 1.26 bits per heavy atom. The van der Waals surface area contributed by atoms with Crippen molar-refractivity contribution < 1.29 is 14.4 Å². The summed E-state index contributed by atoms with van der Waals surface area (Å²) in [6.07, 6.45) is 6.19. The maximum absolute atomic E-state index is 12.6. The Bertz CT molecular complexity index is 697. The van der Waals surface area contributed by atoms with Gasteiger partial charge in [0.05, 0.1) is 5.92 Å². The minimum atomic E-state index is -0.332. The molecule has 1 atom stereocenters. The van der Waals surface area contributed by atoms with E-state index < -0.39 is 0 Å². The van der Waals surface area contributed by atoms with Crippen LogP contribution < -0.4 is 5.48 Å². The number of halogens is 1. The van der Waals surface area contributed by atoms with E-state index in [1.165, 1.54) is 30.1 Å². The van der Waals surface area contributed by atoms with Gasteiger partial charge in [-0.25, -0.2) is 9.87 Å². The highest BCUT2D eigenvalue weighted by molar-refractivity contribution is 5.82. The van der Waals surface area contributed by atoms with Gasteiger partial charge in [0.1, 0.15) is 5.82 Å². The third-order valence-corrected chi connectivity index (χ3v) is 5.14. The Morgan fingerprint density at radius 3 is 2.26 bits per heavy atom. The molecule has 3 nitrogen and oxygen atoms in total. The number of hydrogen-bond donors (Lipinski definition) is 2. The summed E-state index contributed by atoms with van der Waals surface area (Å²) in [6, 6.07) is 5.10. The molecule has 1 saturated carbocycles. The van der Waals surface area contributed by atoms with Gasteiger partial charge in [-0.05, 0) is 82.1 Å². The molecule has 0 bridgehead atoms. The zero-order valence-electron chi connectivity index (χ0n) is 16.9. The van der Waals surface area contributed by atoms with E-state index in [9.17, 15) is 9.18 Å². The maximum Gasteiger partial charge on any atom is 0.250 e.